The molecule has 1 saturated carbocycles. The van der Waals surface area contributed by atoms with E-state index in [2.05, 4.69) is 40.2 Å². The van der Waals surface area contributed by atoms with Crippen molar-refractivity contribution >= 4 is 34.2 Å². The molecule has 0 radical (unpaired) electrons. The molecule has 1 aliphatic carbocycles. The Bertz CT molecular complexity index is 436. The molecule has 5 heteroatoms. The van der Waals surface area contributed by atoms with Gasteiger partial charge in [-0.1, -0.05) is 28.8 Å². The third kappa shape index (κ3) is 4.47. The van der Waals surface area contributed by atoms with Crippen LogP contribution in [-0.4, -0.2) is 37.0 Å². The molecule has 0 aromatic heterocycles. The topological polar surface area (TPSA) is 32.3 Å². The second kappa shape index (κ2) is 8.01. The Kier molecular flexibility index (Phi) is 7.00. The van der Waals surface area contributed by atoms with Crippen molar-refractivity contribution in [3.05, 3.63) is 34.3 Å². The predicted molar refractivity (Wildman–Crippen MR) is 88.6 cm³/mol. The molecular formula is C15H22BrClN2O. The van der Waals surface area contributed by atoms with Crippen LogP contribution in [0.1, 0.15) is 36.0 Å². The maximum Gasteiger partial charge on any atom is 0.251 e. The predicted octanol–water partition coefficient (Wildman–Crippen LogP) is 3.47. The average Bonchev–Trinajstić information content (AvgIpc) is 2.39. The van der Waals surface area contributed by atoms with Gasteiger partial charge in [-0.25, -0.2) is 0 Å². The number of likely N-dealkylation sites (N-methyl/N-ethyl adjacent to an activating group) is 1. The lowest BCUT2D eigenvalue weighted by Gasteiger charge is -2.36. The first-order chi connectivity index (χ1) is 9.08. The van der Waals surface area contributed by atoms with Gasteiger partial charge in [-0.15, -0.1) is 12.4 Å². The van der Waals surface area contributed by atoms with Crippen molar-refractivity contribution in [3.8, 4) is 0 Å². The van der Waals surface area contributed by atoms with E-state index in [0.29, 0.717) is 6.04 Å². The molecule has 0 spiro atoms. The lowest BCUT2D eigenvalue weighted by Crippen LogP contribution is -2.51. The van der Waals surface area contributed by atoms with Gasteiger partial charge in [0.25, 0.3) is 5.91 Å². The summed E-state index contributed by atoms with van der Waals surface area (Å²) in [5.41, 5.74) is 0.728. The van der Waals surface area contributed by atoms with Crippen LogP contribution in [0, 0.1) is 0 Å². The van der Waals surface area contributed by atoms with Gasteiger partial charge in [0.15, 0.2) is 0 Å². The number of amides is 1. The normalized spacial score (nSPS) is 22.2. The fraction of sp³-hybridized carbons (Fsp3) is 0.533. The van der Waals surface area contributed by atoms with Crippen molar-refractivity contribution in [1.29, 1.82) is 0 Å². The van der Waals surface area contributed by atoms with Crippen LogP contribution in [0.15, 0.2) is 28.7 Å². The van der Waals surface area contributed by atoms with Crippen LogP contribution in [0.4, 0.5) is 0 Å². The van der Waals surface area contributed by atoms with E-state index in [-0.39, 0.29) is 24.4 Å². The van der Waals surface area contributed by atoms with Crippen LogP contribution in [0.2, 0.25) is 0 Å². The molecule has 1 N–H and O–H groups in total. The highest BCUT2D eigenvalue weighted by Gasteiger charge is 2.28. The van der Waals surface area contributed by atoms with E-state index in [1.165, 1.54) is 12.8 Å². The summed E-state index contributed by atoms with van der Waals surface area (Å²) >= 11 is 3.38. The Morgan fingerprint density at radius 1 is 1.20 bits per heavy atom. The van der Waals surface area contributed by atoms with Crippen molar-refractivity contribution in [2.24, 2.45) is 0 Å². The number of benzene rings is 1. The van der Waals surface area contributed by atoms with E-state index in [0.717, 1.165) is 22.9 Å². The maximum absolute atomic E-state index is 12.2. The van der Waals surface area contributed by atoms with Crippen molar-refractivity contribution < 1.29 is 4.79 Å². The third-order valence-electron chi connectivity index (χ3n) is 3.82. The van der Waals surface area contributed by atoms with Gasteiger partial charge in [0, 0.05) is 22.1 Å². The van der Waals surface area contributed by atoms with Crippen LogP contribution < -0.4 is 5.32 Å². The molecular weight excluding hydrogens is 340 g/mol. The number of hydrogen-bond acceptors (Lipinski definition) is 2. The van der Waals surface area contributed by atoms with Crippen LogP contribution in [0.5, 0.6) is 0 Å². The highest BCUT2D eigenvalue weighted by Crippen LogP contribution is 2.22. The molecule has 112 valence electrons. The molecule has 2 rings (SSSR count). The maximum atomic E-state index is 12.2. The number of nitrogens with zero attached hydrogens (tertiary/aromatic N) is 1. The quantitative estimate of drug-likeness (QED) is 0.894. The Balaban J connectivity index is 0.00000200. The van der Waals surface area contributed by atoms with Crippen LogP contribution in [0.3, 0.4) is 0 Å². The lowest BCUT2D eigenvalue weighted by atomic mass is 9.89. The van der Waals surface area contributed by atoms with Gasteiger partial charge in [-0.2, -0.15) is 0 Å². The van der Waals surface area contributed by atoms with Crippen LogP contribution >= 0.6 is 28.3 Å². The summed E-state index contributed by atoms with van der Waals surface area (Å²) in [6.07, 6.45) is 4.70. The van der Waals surface area contributed by atoms with E-state index in [1.807, 2.05) is 24.3 Å². The van der Waals surface area contributed by atoms with Crippen LogP contribution in [-0.2, 0) is 0 Å². The van der Waals surface area contributed by atoms with Gasteiger partial charge in [-0.3, -0.25) is 4.79 Å². The number of rotatable bonds is 3. The molecule has 0 unspecified atom stereocenters. The van der Waals surface area contributed by atoms with Gasteiger partial charge in [-0.05, 0) is 51.2 Å². The van der Waals surface area contributed by atoms with Crippen molar-refractivity contribution in [2.45, 2.75) is 37.8 Å². The van der Waals surface area contributed by atoms with E-state index in [4.69, 9.17) is 0 Å². The lowest BCUT2D eigenvalue weighted by molar-refractivity contribution is 0.0883. The second-order valence-corrected chi connectivity index (χ2v) is 6.32. The minimum atomic E-state index is 0. The van der Waals surface area contributed by atoms with Crippen molar-refractivity contribution in [2.75, 3.05) is 14.1 Å². The monoisotopic (exact) mass is 360 g/mol. The SMILES string of the molecule is CN(C)[C@H]1CCCC[C@@H]1NC(=O)c1ccc(Br)cc1.Cl. The summed E-state index contributed by atoms with van der Waals surface area (Å²) in [4.78, 5) is 14.5. The molecule has 1 fully saturated rings. The molecule has 1 amide bonds. The molecule has 1 aromatic rings. The summed E-state index contributed by atoms with van der Waals surface area (Å²) in [5.74, 6) is 0.0336. The smallest absolute Gasteiger partial charge is 0.251 e. The first kappa shape index (κ1) is 17.5. The first-order valence-corrected chi connectivity index (χ1v) is 7.60. The first-order valence-electron chi connectivity index (χ1n) is 6.81. The summed E-state index contributed by atoms with van der Waals surface area (Å²) in [6, 6.07) is 8.23. The molecule has 20 heavy (non-hydrogen) atoms. The molecule has 0 heterocycles. The van der Waals surface area contributed by atoms with Gasteiger partial charge in [0.1, 0.15) is 0 Å². The fourth-order valence-electron chi connectivity index (χ4n) is 2.75. The highest BCUT2D eigenvalue weighted by molar-refractivity contribution is 9.10. The van der Waals surface area contributed by atoms with Gasteiger partial charge < -0.3 is 10.2 Å². The zero-order valence-corrected chi connectivity index (χ0v) is 14.3. The van der Waals surface area contributed by atoms with E-state index in [1.54, 1.807) is 0 Å². The fourth-order valence-corrected chi connectivity index (χ4v) is 3.02. The summed E-state index contributed by atoms with van der Waals surface area (Å²) in [5, 5.41) is 3.19. The Morgan fingerprint density at radius 2 is 1.80 bits per heavy atom. The molecule has 0 aliphatic heterocycles. The summed E-state index contributed by atoms with van der Waals surface area (Å²) in [6.45, 7) is 0. The molecule has 1 aromatic carbocycles. The minimum absolute atomic E-state index is 0. The van der Waals surface area contributed by atoms with Gasteiger partial charge >= 0.3 is 0 Å². The van der Waals surface area contributed by atoms with E-state index < -0.39 is 0 Å². The summed E-state index contributed by atoms with van der Waals surface area (Å²) in [7, 11) is 4.18. The van der Waals surface area contributed by atoms with E-state index in [9.17, 15) is 4.79 Å². The Hall–Kier alpha value is -0.580. The average molecular weight is 362 g/mol. The Labute approximate surface area is 135 Å². The summed E-state index contributed by atoms with van der Waals surface area (Å²) < 4.78 is 0.993. The second-order valence-electron chi connectivity index (χ2n) is 5.40. The number of halogens is 2. The molecule has 1 aliphatic rings. The molecule has 0 saturated heterocycles. The number of carbonyl (C=O) groups is 1. The van der Waals surface area contributed by atoms with Crippen molar-refractivity contribution in [3.63, 3.8) is 0 Å². The number of nitrogens with one attached hydrogen (secondary N) is 1. The Morgan fingerprint density at radius 3 is 2.40 bits per heavy atom. The number of hydrogen-bond donors (Lipinski definition) is 1. The van der Waals surface area contributed by atoms with Crippen molar-refractivity contribution in [1.82, 2.24) is 10.2 Å². The molecule has 3 nitrogen and oxygen atoms in total. The van der Waals surface area contributed by atoms with Gasteiger partial charge in [0.05, 0.1) is 0 Å². The van der Waals surface area contributed by atoms with E-state index >= 15 is 0 Å². The largest absolute Gasteiger partial charge is 0.348 e. The standard InChI is InChI=1S/C15H21BrN2O.ClH/c1-18(2)14-6-4-3-5-13(14)17-15(19)11-7-9-12(16)10-8-11;/h7-10,13-14H,3-6H2,1-2H3,(H,17,19);1H/t13-,14-;/m0./s1. The highest BCUT2D eigenvalue weighted by atomic mass is 79.9. The van der Waals surface area contributed by atoms with Crippen LogP contribution in [0.25, 0.3) is 0 Å². The molecule has 0 bridgehead atoms. The zero-order chi connectivity index (χ0) is 13.8. The molecule has 2 atom stereocenters. The number of carbonyl (C=O) groups excluding carboxylic acids is 1. The zero-order valence-electron chi connectivity index (χ0n) is 11.9. The third-order valence-corrected chi connectivity index (χ3v) is 4.34. The minimum Gasteiger partial charge on any atom is -0.348 e. The van der Waals surface area contributed by atoms with Gasteiger partial charge in [0.2, 0.25) is 0 Å².